The normalized spacial score (nSPS) is 16.0. The van der Waals surface area contributed by atoms with E-state index < -0.39 is 12.1 Å². The average Bonchev–Trinajstić information content (AvgIpc) is 2.96. The first kappa shape index (κ1) is 19.6. The highest BCUT2D eigenvalue weighted by Gasteiger charge is 2.33. The predicted octanol–water partition coefficient (Wildman–Crippen LogP) is 2.54. The Balaban J connectivity index is 1.86. The first-order valence-corrected chi connectivity index (χ1v) is 9.85. The smallest absolute Gasteiger partial charge is 0.351 e. The maximum Gasteiger partial charge on any atom is 0.351 e. The van der Waals surface area contributed by atoms with E-state index in [1.54, 1.807) is 4.90 Å². The Bertz CT molecular complexity index is 871. The summed E-state index contributed by atoms with van der Waals surface area (Å²) in [7, 11) is 0. The summed E-state index contributed by atoms with van der Waals surface area (Å²) < 4.78 is 10.9. The number of ether oxygens (including phenoxy) is 2. The Morgan fingerprint density at radius 2 is 1.96 bits per heavy atom. The van der Waals surface area contributed by atoms with Gasteiger partial charge in [0.2, 0.25) is 0 Å². The molecule has 3 heterocycles. The lowest BCUT2D eigenvalue weighted by atomic mass is 10.1. The molecule has 27 heavy (non-hydrogen) atoms. The quantitative estimate of drug-likeness (QED) is 0.805. The maximum atomic E-state index is 12.8. The second kappa shape index (κ2) is 7.82. The number of carbonyl (C=O) groups excluding carboxylic acids is 2. The van der Waals surface area contributed by atoms with E-state index in [0.717, 1.165) is 16.6 Å². The number of nitrogen functional groups attached to an aromatic ring is 1. The molecule has 0 bridgehead atoms. The summed E-state index contributed by atoms with van der Waals surface area (Å²) in [5.74, 6) is -0.915. The molecule has 1 saturated heterocycles. The SMILES string of the molecule is Cc1cc(C)c2c(N)c(C(=O)O[C@H](C(=O)N3CCOCC3)C(C)C)sc2n1. The Morgan fingerprint density at radius 3 is 2.59 bits per heavy atom. The van der Waals surface area contributed by atoms with Gasteiger partial charge < -0.3 is 20.1 Å². The van der Waals surface area contributed by atoms with Crippen molar-refractivity contribution in [2.45, 2.75) is 33.8 Å². The van der Waals surface area contributed by atoms with Crippen LogP contribution in [-0.2, 0) is 14.3 Å². The zero-order chi connectivity index (χ0) is 19.7. The first-order chi connectivity index (χ1) is 12.8. The molecule has 1 fully saturated rings. The second-order valence-electron chi connectivity index (χ2n) is 7.11. The molecular formula is C19H25N3O4S. The van der Waals surface area contributed by atoms with Gasteiger partial charge in [-0.15, -0.1) is 11.3 Å². The molecular weight excluding hydrogens is 366 g/mol. The number of thiophene rings is 1. The summed E-state index contributed by atoms with van der Waals surface area (Å²) >= 11 is 1.21. The van der Waals surface area contributed by atoms with Crippen LogP contribution in [0.15, 0.2) is 6.07 Å². The van der Waals surface area contributed by atoms with Gasteiger partial charge in [0, 0.05) is 24.2 Å². The third-order valence-corrected chi connectivity index (χ3v) is 5.69. The Labute approximate surface area is 162 Å². The molecule has 2 N–H and O–H groups in total. The van der Waals surface area contributed by atoms with Gasteiger partial charge in [0.15, 0.2) is 6.10 Å². The van der Waals surface area contributed by atoms with Gasteiger partial charge in [-0.2, -0.15) is 0 Å². The van der Waals surface area contributed by atoms with Crippen molar-refractivity contribution in [1.29, 1.82) is 0 Å². The van der Waals surface area contributed by atoms with Crippen molar-refractivity contribution >= 4 is 39.1 Å². The highest BCUT2D eigenvalue weighted by Crippen LogP contribution is 2.35. The van der Waals surface area contributed by atoms with Gasteiger partial charge in [0.25, 0.3) is 5.91 Å². The fraction of sp³-hybridized carbons (Fsp3) is 0.526. The van der Waals surface area contributed by atoms with Gasteiger partial charge in [-0.1, -0.05) is 13.8 Å². The van der Waals surface area contributed by atoms with Crippen LogP contribution in [0.5, 0.6) is 0 Å². The molecule has 0 saturated carbocycles. The third-order valence-electron chi connectivity index (χ3n) is 4.62. The topological polar surface area (TPSA) is 94.8 Å². The van der Waals surface area contributed by atoms with Gasteiger partial charge in [0.05, 0.1) is 18.9 Å². The zero-order valence-corrected chi connectivity index (χ0v) is 16.9. The molecule has 8 heteroatoms. The first-order valence-electron chi connectivity index (χ1n) is 9.03. The summed E-state index contributed by atoms with van der Waals surface area (Å²) in [4.78, 5) is 32.8. The lowest BCUT2D eigenvalue weighted by Crippen LogP contribution is -2.48. The predicted molar refractivity (Wildman–Crippen MR) is 105 cm³/mol. The molecule has 1 aliphatic rings. The minimum atomic E-state index is -0.851. The number of anilines is 1. The zero-order valence-electron chi connectivity index (χ0n) is 16.1. The number of esters is 1. The highest BCUT2D eigenvalue weighted by atomic mass is 32.1. The van der Waals surface area contributed by atoms with Crippen molar-refractivity contribution in [1.82, 2.24) is 9.88 Å². The summed E-state index contributed by atoms with van der Waals surface area (Å²) in [6.07, 6.45) is -0.851. The maximum absolute atomic E-state index is 12.8. The number of fused-ring (bicyclic) bond motifs is 1. The molecule has 0 unspecified atom stereocenters. The van der Waals surface area contributed by atoms with Crippen molar-refractivity contribution in [3.8, 4) is 0 Å². The molecule has 1 atom stereocenters. The number of amides is 1. The van der Waals surface area contributed by atoms with E-state index in [0.29, 0.717) is 41.7 Å². The fourth-order valence-electron chi connectivity index (χ4n) is 3.22. The molecule has 2 aromatic rings. The largest absolute Gasteiger partial charge is 0.448 e. The Kier molecular flexibility index (Phi) is 5.67. The molecule has 0 aromatic carbocycles. The van der Waals surface area contributed by atoms with Crippen LogP contribution < -0.4 is 5.73 Å². The van der Waals surface area contributed by atoms with Crippen molar-refractivity contribution in [2.75, 3.05) is 32.0 Å². The van der Waals surface area contributed by atoms with E-state index >= 15 is 0 Å². The molecule has 0 aliphatic carbocycles. The highest BCUT2D eigenvalue weighted by molar-refractivity contribution is 7.21. The third kappa shape index (κ3) is 3.91. The van der Waals surface area contributed by atoms with Crippen molar-refractivity contribution in [3.05, 3.63) is 22.2 Å². The van der Waals surface area contributed by atoms with Gasteiger partial charge in [-0.25, -0.2) is 9.78 Å². The molecule has 1 amide bonds. The number of hydrogen-bond donors (Lipinski definition) is 1. The lowest BCUT2D eigenvalue weighted by molar-refractivity contribution is -0.147. The molecule has 2 aromatic heterocycles. The van der Waals surface area contributed by atoms with Crippen LogP contribution in [0.25, 0.3) is 10.2 Å². The molecule has 0 radical (unpaired) electrons. The Morgan fingerprint density at radius 1 is 1.30 bits per heavy atom. The van der Waals surface area contributed by atoms with E-state index in [1.807, 2.05) is 33.8 Å². The average molecular weight is 391 g/mol. The van der Waals surface area contributed by atoms with Gasteiger partial charge >= 0.3 is 5.97 Å². The lowest BCUT2D eigenvalue weighted by Gasteiger charge is -2.31. The number of nitrogens with two attached hydrogens (primary N) is 1. The van der Waals surface area contributed by atoms with Crippen LogP contribution in [0.1, 0.15) is 34.8 Å². The minimum Gasteiger partial charge on any atom is -0.448 e. The minimum absolute atomic E-state index is 0.151. The Hall–Kier alpha value is -2.19. The molecule has 0 spiro atoms. The number of aromatic nitrogens is 1. The van der Waals surface area contributed by atoms with E-state index in [2.05, 4.69) is 4.98 Å². The van der Waals surface area contributed by atoms with E-state index in [4.69, 9.17) is 15.2 Å². The fourth-order valence-corrected chi connectivity index (χ4v) is 4.32. The van der Waals surface area contributed by atoms with Crippen LogP contribution in [0, 0.1) is 19.8 Å². The van der Waals surface area contributed by atoms with Crippen LogP contribution in [0.3, 0.4) is 0 Å². The number of hydrogen-bond acceptors (Lipinski definition) is 7. The van der Waals surface area contributed by atoms with Gasteiger partial charge in [0.1, 0.15) is 9.71 Å². The monoisotopic (exact) mass is 391 g/mol. The van der Waals surface area contributed by atoms with Crippen LogP contribution >= 0.6 is 11.3 Å². The number of morpholine rings is 1. The van der Waals surface area contributed by atoms with E-state index in [1.165, 1.54) is 11.3 Å². The van der Waals surface area contributed by atoms with E-state index in [9.17, 15) is 9.59 Å². The summed E-state index contributed by atoms with van der Waals surface area (Å²) in [5.41, 5.74) is 8.42. The number of nitrogens with zero attached hydrogens (tertiary/aromatic N) is 2. The number of pyridine rings is 1. The summed E-state index contributed by atoms with van der Waals surface area (Å²) in [6.45, 7) is 9.57. The van der Waals surface area contributed by atoms with Gasteiger partial charge in [-0.05, 0) is 31.4 Å². The van der Waals surface area contributed by atoms with Crippen molar-refractivity contribution in [3.63, 3.8) is 0 Å². The van der Waals surface area contributed by atoms with Crippen LogP contribution in [-0.4, -0.2) is 54.2 Å². The number of rotatable bonds is 4. The molecule has 3 rings (SSSR count). The van der Waals surface area contributed by atoms with Crippen LogP contribution in [0.2, 0.25) is 0 Å². The van der Waals surface area contributed by atoms with Crippen LogP contribution in [0.4, 0.5) is 5.69 Å². The molecule has 7 nitrogen and oxygen atoms in total. The number of aryl methyl sites for hydroxylation is 2. The van der Waals surface area contributed by atoms with Crippen molar-refractivity contribution in [2.24, 2.45) is 5.92 Å². The standard InChI is InChI=1S/C19H25N3O4S/c1-10(2)15(18(23)22-5-7-25-8-6-22)26-19(24)16-14(20)13-11(3)9-12(4)21-17(13)27-16/h9-10,15H,5-8,20H2,1-4H3/t15-/m0/s1. The van der Waals surface area contributed by atoms with E-state index in [-0.39, 0.29) is 11.8 Å². The number of carbonyl (C=O) groups is 2. The molecule has 146 valence electrons. The second-order valence-corrected chi connectivity index (χ2v) is 8.11. The summed E-state index contributed by atoms with van der Waals surface area (Å²) in [6, 6.07) is 1.93. The summed E-state index contributed by atoms with van der Waals surface area (Å²) in [5, 5.41) is 0.776. The van der Waals surface area contributed by atoms with Gasteiger partial charge in [-0.3, -0.25) is 4.79 Å². The van der Waals surface area contributed by atoms with Crippen molar-refractivity contribution < 1.29 is 19.1 Å². The molecule has 1 aliphatic heterocycles.